The van der Waals surface area contributed by atoms with Crippen molar-refractivity contribution in [2.24, 2.45) is 20.5 Å². The molecule has 0 unspecified atom stereocenters. The van der Waals surface area contributed by atoms with Gasteiger partial charge in [-0.05, 0) is 71.8 Å². The molecule has 0 amide bonds. The lowest BCUT2D eigenvalue weighted by Gasteiger charge is -2.07. The van der Waals surface area contributed by atoms with Crippen molar-refractivity contribution in [1.29, 1.82) is 0 Å². The lowest BCUT2D eigenvalue weighted by atomic mass is 10.1. The van der Waals surface area contributed by atoms with Crippen molar-refractivity contribution in [3.8, 4) is 11.5 Å². The van der Waals surface area contributed by atoms with Crippen LogP contribution in [0.2, 0.25) is 0 Å². The minimum atomic E-state index is -4.63. The molecule has 0 aliphatic rings. The van der Waals surface area contributed by atoms with Gasteiger partial charge in [0.15, 0.2) is 11.5 Å². The molecule has 0 saturated heterocycles. The van der Waals surface area contributed by atoms with Crippen LogP contribution in [0.25, 0.3) is 34.0 Å². The second-order valence-corrected chi connectivity index (χ2v) is 12.9. The minimum Gasteiger partial charge on any atom is -0.504 e. The van der Waals surface area contributed by atoms with Gasteiger partial charge < -0.3 is 10.2 Å². The molecule has 4 N–H and O–H groups in total. The molecule has 0 spiro atoms. The number of aromatic hydroxyl groups is 2. The highest BCUT2D eigenvalue weighted by atomic mass is 32.2. The number of azo groups is 2. The van der Waals surface area contributed by atoms with Crippen molar-refractivity contribution in [3.05, 3.63) is 108 Å². The van der Waals surface area contributed by atoms with Crippen LogP contribution in [0, 0.1) is 0 Å². The molecule has 16 heteroatoms. The lowest BCUT2D eigenvalue weighted by Crippen LogP contribution is -1.99. The van der Waals surface area contributed by atoms with Crippen molar-refractivity contribution in [2.75, 3.05) is 0 Å². The number of nitrogens with zero attached hydrogens (tertiary/aromatic N) is 6. The molecule has 0 fully saturated rings. The first-order chi connectivity index (χ1) is 22.9. The SMILES string of the molecule is O=S(=O)(O)c1cc(N=Nc2ccc(C=Cc3ccc(N=Nc4cc(S(=O)(=O)O)c5cccnc5c4O)cc3)cc2)c(O)c2ncccc12. The van der Waals surface area contributed by atoms with Crippen molar-refractivity contribution in [1.82, 2.24) is 9.97 Å². The average Bonchev–Trinajstić information content (AvgIpc) is 3.07. The van der Waals surface area contributed by atoms with E-state index in [1.54, 1.807) is 48.5 Å². The van der Waals surface area contributed by atoms with Gasteiger partial charge in [-0.2, -0.15) is 27.1 Å². The number of aromatic nitrogens is 2. The molecule has 2 heterocycles. The fourth-order valence-electron chi connectivity index (χ4n) is 4.67. The Balaban J connectivity index is 1.16. The van der Waals surface area contributed by atoms with E-state index < -0.39 is 30.0 Å². The molecule has 0 saturated carbocycles. The van der Waals surface area contributed by atoms with Gasteiger partial charge in [-0.1, -0.05) is 36.4 Å². The third-order valence-corrected chi connectivity index (χ3v) is 8.76. The zero-order valence-corrected chi connectivity index (χ0v) is 25.9. The van der Waals surface area contributed by atoms with Gasteiger partial charge in [0.1, 0.15) is 32.2 Å². The predicted molar refractivity (Wildman–Crippen MR) is 177 cm³/mol. The van der Waals surface area contributed by atoms with E-state index in [0.717, 1.165) is 23.3 Å². The van der Waals surface area contributed by atoms with Crippen LogP contribution in [0.3, 0.4) is 0 Å². The summed E-state index contributed by atoms with van der Waals surface area (Å²) in [6.45, 7) is 0. The number of phenols is 2. The van der Waals surface area contributed by atoms with Crippen LogP contribution in [0.4, 0.5) is 22.7 Å². The van der Waals surface area contributed by atoms with Crippen molar-refractivity contribution >= 4 is 76.9 Å². The third kappa shape index (κ3) is 6.76. The zero-order valence-electron chi connectivity index (χ0n) is 24.3. The second kappa shape index (κ2) is 12.7. The molecule has 6 aromatic rings. The lowest BCUT2D eigenvalue weighted by molar-refractivity contribution is 0.476. The summed E-state index contributed by atoms with van der Waals surface area (Å²) in [4.78, 5) is 7.08. The molecule has 0 aliphatic carbocycles. The zero-order chi connectivity index (χ0) is 34.1. The first-order valence-electron chi connectivity index (χ1n) is 13.8. The highest BCUT2D eigenvalue weighted by Crippen LogP contribution is 2.40. The summed E-state index contributed by atoms with van der Waals surface area (Å²) in [5, 5.41) is 37.3. The largest absolute Gasteiger partial charge is 0.504 e. The molecule has 0 aliphatic heterocycles. The summed E-state index contributed by atoms with van der Waals surface area (Å²) in [7, 11) is -9.25. The van der Waals surface area contributed by atoms with Crippen LogP contribution in [-0.2, 0) is 20.2 Å². The van der Waals surface area contributed by atoms with Gasteiger partial charge in [-0.25, -0.2) is 0 Å². The molecule has 240 valence electrons. The maximum absolute atomic E-state index is 11.9. The summed E-state index contributed by atoms with van der Waals surface area (Å²) in [5.74, 6) is -0.770. The highest BCUT2D eigenvalue weighted by Gasteiger charge is 2.21. The Morgan fingerprint density at radius 1 is 0.542 bits per heavy atom. The normalized spacial score (nSPS) is 12.6. The minimum absolute atomic E-state index is 0.0440. The number of hydrogen-bond acceptors (Lipinski definition) is 12. The third-order valence-electron chi connectivity index (χ3n) is 6.97. The Kier molecular flexibility index (Phi) is 8.46. The molecule has 14 nitrogen and oxygen atoms in total. The monoisotopic (exact) mass is 682 g/mol. The van der Waals surface area contributed by atoms with E-state index in [9.17, 15) is 36.2 Å². The van der Waals surface area contributed by atoms with Crippen molar-refractivity contribution in [2.45, 2.75) is 9.79 Å². The second-order valence-electron chi connectivity index (χ2n) is 10.2. The standard InChI is InChI=1S/C32H22N6O8S2/c39-31-25(17-27(47(41,42)43)23-3-1-15-33-29(23)31)37-35-21-11-7-19(8-12-21)5-6-20-9-13-22(14-10-20)36-38-26-18-28(48(44,45)46)24-4-2-16-34-30(24)32(26)40/h1-18,39-40H,(H,41,42,43)(H,44,45,46). The molecule has 0 atom stereocenters. The number of hydrogen-bond donors (Lipinski definition) is 4. The Hall–Kier alpha value is -5.94. The molecule has 2 aromatic heterocycles. The van der Waals surface area contributed by atoms with E-state index in [1.807, 2.05) is 12.2 Å². The van der Waals surface area contributed by atoms with E-state index in [-0.39, 0.29) is 44.7 Å². The van der Waals surface area contributed by atoms with E-state index in [0.29, 0.717) is 11.4 Å². The molecular formula is C32H22N6O8S2. The van der Waals surface area contributed by atoms with E-state index in [1.165, 1.54) is 36.7 Å². The number of pyridine rings is 2. The summed E-state index contributed by atoms with van der Waals surface area (Å²) in [5.41, 5.74) is 1.99. The summed E-state index contributed by atoms with van der Waals surface area (Å²) < 4.78 is 66.9. The van der Waals surface area contributed by atoms with Crippen LogP contribution in [0.1, 0.15) is 11.1 Å². The quantitative estimate of drug-likeness (QED) is 0.0695. The molecule has 48 heavy (non-hydrogen) atoms. The van der Waals surface area contributed by atoms with Gasteiger partial charge in [0, 0.05) is 23.2 Å². The summed E-state index contributed by atoms with van der Waals surface area (Å²) in [6.07, 6.45) is 6.42. The first kappa shape index (κ1) is 32.0. The van der Waals surface area contributed by atoms with Crippen LogP contribution < -0.4 is 0 Å². The molecule has 0 bridgehead atoms. The fraction of sp³-hybridized carbons (Fsp3) is 0. The number of benzene rings is 4. The Morgan fingerprint density at radius 2 is 0.917 bits per heavy atom. The van der Waals surface area contributed by atoms with Crippen molar-refractivity contribution in [3.63, 3.8) is 0 Å². The number of rotatable bonds is 8. The fourth-order valence-corrected chi connectivity index (χ4v) is 6.07. The van der Waals surface area contributed by atoms with E-state index in [4.69, 9.17) is 0 Å². The molecule has 0 radical (unpaired) electrons. The smallest absolute Gasteiger partial charge is 0.295 e. The van der Waals surface area contributed by atoms with Crippen LogP contribution >= 0.6 is 0 Å². The van der Waals surface area contributed by atoms with Gasteiger partial charge in [0.2, 0.25) is 0 Å². The Labute approximate surface area is 272 Å². The summed E-state index contributed by atoms with van der Waals surface area (Å²) >= 11 is 0. The van der Waals surface area contributed by atoms with Gasteiger partial charge in [-0.3, -0.25) is 19.1 Å². The van der Waals surface area contributed by atoms with Crippen LogP contribution in [0.15, 0.2) is 128 Å². The maximum Gasteiger partial charge on any atom is 0.295 e. The molecular weight excluding hydrogens is 661 g/mol. The van der Waals surface area contributed by atoms with Gasteiger partial charge >= 0.3 is 0 Å². The molecule has 6 rings (SSSR count). The van der Waals surface area contributed by atoms with E-state index in [2.05, 4.69) is 30.4 Å². The predicted octanol–water partition coefficient (Wildman–Crippen LogP) is 7.69. The number of fused-ring (bicyclic) bond motifs is 2. The molecule has 4 aromatic carbocycles. The highest BCUT2D eigenvalue weighted by molar-refractivity contribution is 7.86. The summed E-state index contributed by atoms with van der Waals surface area (Å²) in [6, 6.07) is 21.5. The van der Waals surface area contributed by atoms with Crippen LogP contribution in [0.5, 0.6) is 11.5 Å². The van der Waals surface area contributed by atoms with Gasteiger partial charge in [0.05, 0.1) is 11.4 Å². The Bertz CT molecular complexity index is 2340. The topological polar surface area (TPSA) is 224 Å². The Morgan fingerprint density at radius 3 is 1.27 bits per heavy atom. The van der Waals surface area contributed by atoms with Gasteiger partial charge in [-0.15, -0.1) is 10.2 Å². The van der Waals surface area contributed by atoms with E-state index >= 15 is 0 Å². The van der Waals surface area contributed by atoms with Gasteiger partial charge in [0.25, 0.3) is 20.2 Å². The first-order valence-corrected chi connectivity index (χ1v) is 16.6. The maximum atomic E-state index is 11.9. The average molecular weight is 683 g/mol. The van der Waals surface area contributed by atoms with Crippen LogP contribution in [-0.4, -0.2) is 46.1 Å². The van der Waals surface area contributed by atoms with Crippen molar-refractivity contribution < 1.29 is 36.2 Å². The number of phenolic OH excluding ortho intramolecular Hbond substituents is 2.